The molecule has 1 N–H and O–H groups in total. The van der Waals surface area contributed by atoms with Gasteiger partial charge < -0.3 is 19.5 Å². The molecule has 6 nitrogen and oxygen atoms in total. The van der Waals surface area contributed by atoms with Crippen LogP contribution in [0.1, 0.15) is 27.9 Å². The van der Waals surface area contributed by atoms with Crippen LogP contribution >= 0.6 is 11.6 Å². The molecule has 1 aliphatic heterocycles. The Labute approximate surface area is 179 Å². The van der Waals surface area contributed by atoms with E-state index in [0.717, 1.165) is 17.5 Å². The van der Waals surface area contributed by atoms with E-state index >= 15 is 0 Å². The van der Waals surface area contributed by atoms with Crippen LogP contribution in [0.3, 0.4) is 0 Å². The molecule has 1 amide bonds. The van der Waals surface area contributed by atoms with Crippen molar-refractivity contribution in [1.29, 1.82) is 0 Å². The molecule has 30 heavy (non-hydrogen) atoms. The van der Waals surface area contributed by atoms with Crippen LogP contribution in [0.5, 0.6) is 17.4 Å². The zero-order chi connectivity index (χ0) is 20.8. The molecule has 0 bridgehead atoms. The minimum absolute atomic E-state index is 0.254. The van der Waals surface area contributed by atoms with Gasteiger partial charge >= 0.3 is 0 Å². The van der Waals surface area contributed by atoms with Gasteiger partial charge in [0, 0.05) is 30.8 Å². The summed E-state index contributed by atoms with van der Waals surface area (Å²) in [5.41, 5.74) is 2.35. The summed E-state index contributed by atoms with van der Waals surface area (Å²) in [5.74, 6) is 1.23. The van der Waals surface area contributed by atoms with Crippen molar-refractivity contribution in [2.45, 2.75) is 19.6 Å². The molecule has 2 heterocycles. The standard InChI is InChI=1S/C23H21ClN2O4/c24-19-12-18(13-20-22(19)29-10-4-9-28-20)23(27)26-14-17-7-8-25-21(11-17)30-15-16-5-2-1-3-6-16/h1-3,5-8,11-13H,4,9-10,14-15H2,(H,26,27). The van der Waals surface area contributed by atoms with Crippen LogP contribution in [0.25, 0.3) is 0 Å². The Morgan fingerprint density at radius 1 is 1.07 bits per heavy atom. The fourth-order valence-corrected chi connectivity index (χ4v) is 3.28. The Bertz CT molecular complexity index is 1030. The van der Waals surface area contributed by atoms with Crippen molar-refractivity contribution < 1.29 is 19.0 Å². The van der Waals surface area contributed by atoms with Gasteiger partial charge in [-0.3, -0.25) is 4.79 Å². The van der Waals surface area contributed by atoms with E-state index in [9.17, 15) is 4.79 Å². The second-order valence-corrected chi connectivity index (χ2v) is 7.20. The lowest BCUT2D eigenvalue weighted by Crippen LogP contribution is -2.23. The zero-order valence-electron chi connectivity index (χ0n) is 16.3. The molecule has 154 valence electrons. The number of fused-ring (bicyclic) bond motifs is 1. The lowest BCUT2D eigenvalue weighted by Gasteiger charge is -2.12. The number of aromatic nitrogens is 1. The number of pyridine rings is 1. The maximum atomic E-state index is 12.6. The molecule has 3 aromatic rings. The molecule has 4 rings (SSSR count). The zero-order valence-corrected chi connectivity index (χ0v) is 17.0. The van der Waals surface area contributed by atoms with Crippen molar-refractivity contribution in [3.63, 3.8) is 0 Å². The quantitative estimate of drug-likeness (QED) is 0.635. The molecule has 7 heteroatoms. The summed E-state index contributed by atoms with van der Waals surface area (Å²) in [6.07, 6.45) is 2.43. The molecule has 1 aliphatic rings. The van der Waals surface area contributed by atoms with Crippen LogP contribution in [0.2, 0.25) is 5.02 Å². The van der Waals surface area contributed by atoms with Gasteiger partial charge in [0.05, 0.1) is 18.2 Å². The number of carbonyl (C=O) groups is 1. The molecule has 0 fully saturated rings. The van der Waals surface area contributed by atoms with E-state index in [1.165, 1.54) is 0 Å². The van der Waals surface area contributed by atoms with Crippen molar-refractivity contribution in [2.75, 3.05) is 13.2 Å². The summed E-state index contributed by atoms with van der Waals surface area (Å²) in [4.78, 5) is 16.9. The van der Waals surface area contributed by atoms with Gasteiger partial charge in [-0.05, 0) is 29.3 Å². The average Bonchev–Trinajstić information content (AvgIpc) is 3.03. The third kappa shape index (κ3) is 5.02. The number of nitrogens with one attached hydrogen (secondary N) is 1. The lowest BCUT2D eigenvalue weighted by molar-refractivity contribution is 0.0950. The van der Waals surface area contributed by atoms with E-state index in [0.29, 0.717) is 54.3 Å². The van der Waals surface area contributed by atoms with E-state index < -0.39 is 0 Å². The molecule has 0 saturated carbocycles. The Kier molecular flexibility index (Phi) is 6.35. The highest BCUT2D eigenvalue weighted by atomic mass is 35.5. The largest absolute Gasteiger partial charge is 0.489 e. The minimum Gasteiger partial charge on any atom is -0.489 e. The van der Waals surface area contributed by atoms with E-state index in [-0.39, 0.29) is 5.91 Å². The van der Waals surface area contributed by atoms with Gasteiger partial charge in [-0.25, -0.2) is 4.98 Å². The molecule has 2 aromatic carbocycles. The predicted molar refractivity (Wildman–Crippen MR) is 113 cm³/mol. The summed E-state index contributed by atoms with van der Waals surface area (Å²) in [6, 6.07) is 16.7. The summed E-state index contributed by atoms with van der Waals surface area (Å²) in [7, 11) is 0. The van der Waals surface area contributed by atoms with Crippen LogP contribution in [0.15, 0.2) is 60.8 Å². The Hall–Kier alpha value is -3.25. The predicted octanol–water partition coefficient (Wildman–Crippen LogP) is 4.41. The second-order valence-electron chi connectivity index (χ2n) is 6.80. The van der Waals surface area contributed by atoms with Gasteiger partial charge in [0.15, 0.2) is 11.5 Å². The van der Waals surface area contributed by atoms with Gasteiger partial charge in [-0.15, -0.1) is 0 Å². The third-order valence-electron chi connectivity index (χ3n) is 4.55. The number of hydrogen-bond acceptors (Lipinski definition) is 5. The first kappa shape index (κ1) is 20.0. The number of halogens is 1. The Morgan fingerprint density at radius 2 is 1.90 bits per heavy atom. The SMILES string of the molecule is O=C(NCc1ccnc(OCc2ccccc2)c1)c1cc(Cl)c2c(c1)OCCCO2. The maximum Gasteiger partial charge on any atom is 0.251 e. The van der Waals surface area contributed by atoms with Crippen LogP contribution in [0, 0.1) is 0 Å². The topological polar surface area (TPSA) is 69.7 Å². The third-order valence-corrected chi connectivity index (χ3v) is 4.83. The van der Waals surface area contributed by atoms with Crippen molar-refractivity contribution in [1.82, 2.24) is 10.3 Å². The van der Waals surface area contributed by atoms with Gasteiger partial charge in [-0.2, -0.15) is 0 Å². The number of hydrogen-bond donors (Lipinski definition) is 1. The van der Waals surface area contributed by atoms with E-state index in [1.54, 1.807) is 18.3 Å². The lowest BCUT2D eigenvalue weighted by atomic mass is 10.1. The van der Waals surface area contributed by atoms with E-state index in [2.05, 4.69) is 10.3 Å². The number of rotatable bonds is 6. The number of benzene rings is 2. The molecular weight excluding hydrogens is 404 g/mol. The molecule has 0 saturated heterocycles. The normalized spacial score (nSPS) is 12.7. The smallest absolute Gasteiger partial charge is 0.251 e. The van der Waals surface area contributed by atoms with Gasteiger partial charge in [0.1, 0.15) is 6.61 Å². The Balaban J connectivity index is 1.38. The Morgan fingerprint density at radius 3 is 2.77 bits per heavy atom. The summed E-state index contributed by atoms with van der Waals surface area (Å²) < 4.78 is 17.0. The first-order chi connectivity index (χ1) is 14.7. The van der Waals surface area contributed by atoms with Crippen LogP contribution in [0.4, 0.5) is 0 Å². The first-order valence-corrected chi connectivity index (χ1v) is 10.1. The fourth-order valence-electron chi connectivity index (χ4n) is 3.02. The van der Waals surface area contributed by atoms with Crippen LogP contribution in [-0.4, -0.2) is 24.1 Å². The number of ether oxygens (including phenoxy) is 3. The molecule has 0 unspecified atom stereocenters. The second kappa shape index (κ2) is 9.50. The highest BCUT2D eigenvalue weighted by Gasteiger charge is 2.18. The van der Waals surface area contributed by atoms with Crippen molar-refractivity contribution in [3.8, 4) is 17.4 Å². The van der Waals surface area contributed by atoms with Gasteiger partial charge in [0.25, 0.3) is 5.91 Å². The molecular formula is C23H21ClN2O4. The van der Waals surface area contributed by atoms with E-state index in [4.69, 9.17) is 25.8 Å². The van der Waals surface area contributed by atoms with Crippen LogP contribution in [-0.2, 0) is 13.2 Å². The van der Waals surface area contributed by atoms with Crippen molar-refractivity contribution >= 4 is 17.5 Å². The van der Waals surface area contributed by atoms with Crippen molar-refractivity contribution in [2.24, 2.45) is 0 Å². The van der Waals surface area contributed by atoms with Gasteiger partial charge in [0.2, 0.25) is 5.88 Å². The maximum absolute atomic E-state index is 12.6. The monoisotopic (exact) mass is 424 g/mol. The van der Waals surface area contributed by atoms with Crippen LogP contribution < -0.4 is 19.5 Å². The highest BCUT2D eigenvalue weighted by Crippen LogP contribution is 2.38. The average molecular weight is 425 g/mol. The van der Waals surface area contributed by atoms with Gasteiger partial charge in [-0.1, -0.05) is 41.9 Å². The molecule has 0 radical (unpaired) electrons. The summed E-state index contributed by atoms with van der Waals surface area (Å²) >= 11 is 6.28. The summed E-state index contributed by atoms with van der Waals surface area (Å²) in [6.45, 7) is 1.82. The molecule has 0 aliphatic carbocycles. The van der Waals surface area contributed by atoms with Crippen molar-refractivity contribution in [3.05, 3.63) is 82.5 Å². The van der Waals surface area contributed by atoms with E-state index in [1.807, 2.05) is 42.5 Å². The molecule has 0 atom stereocenters. The number of carbonyl (C=O) groups excluding carboxylic acids is 1. The molecule has 0 spiro atoms. The number of nitrogens with zero attached hydrogens (tertiary/aromatic N) is 1. The summed E-state index contributed by atoms with van der Waals surface area (Å²) in [5, 5.41) is 3.25. The molecule has 1 aromatic heterocycles. The minimum atomic E-state index is -0.254. The number of amides is 1. The fraction of sp³-hybridized carbons (Fsp3) is 0.217. The first-order valence-electron chi connectivity index (χ1n) is 9.68. The highest BCUT2D eigenvalue weighted by molar-refractivity contribution is 6.32.